The Morgan fingerprint density at radius 2 is 1.81 bits per heavy atom. The van der Waals surface area contributed by atoms with E-state index < -0.39 is 8.38 Å². The molecule has 0 saturated heterocycles. The molecule has 31 heavy (non-hydrogen) atoms. The number of fused-ring (bicyclic) bond motifs is 3. The van der Waals surface area contributed by atoms with Crippen LogP contribution < -0.4 is 10.5 Å². The minimum absolute atomic E-state index is 0.348. The first-order valence-corrected chi connectivity index (χ1v) is 11.6. The molecule has 4 rings (SSSR count). The Kier molecular flexibility index (Phi) is 6.33. The predicted octanol–water partition coefficient (Wildman–Crippen LogP) is 4.31. The first kappa shape index (κ1) is 21.4. The van der Waals surface area contributed by atoms with Gasteiger partial charge < -0.3 is 20.3 Å². The summed E-state index contributed by atoms with van der Waals surface area (Å²) in [5, 5.41) is 1.99. The average Bonchev–Trinajstić information content (AvgIpc) is 2.76. The molecule has 160 valence electrons. The highest BCUT2D eigenvalue weighted by atomic mass is 31.2. The van der Waals surface area contributed by atoms with E-state index in [1.54, 1.807) is 7.11 Å². The highest BCUT2D eigenvalue weighted by Crippen LogP contribution is 2.30. The second-order valence-corrected chi connectivity index (χ2v) is 8.92. The summed E-state index contributed by atoms with van der Waals surface area (Å²) in [6, 6.07) is 14.3. The number of methoxy groups -OCH3 is 1. The standard InChI is InChI=1S/C24H26N3O3P/c1-15-11-19(30-2)7-6-18(15)5-3-17-12-21-20-8-4-16(9-10-31(28)29)13-22(20)27-24(25)23(21)26-14-17/h4,6-8,11-14,28-29H,3,5,9-10H2,1-2H3,(H2,25,27). The van der Waals surface area contributed by atoms with Crippen LogP contribution >= 0.6 is 8.38 Å². The molecule has 7 heteroatoms. The Morgan fingerprint density at radius 1 is 0.968 bits per heavy atom. The number of nitrogens with two attached hydrogens (primary N) is 1. The maximum atomic E-state index is 9.19. The van der Waals surface area contributed by atoms with Crippen LogP contribution in [0.1, 0.15) is 22.3 Å². The number of hydrogen-bond donors (Lipinski definition) is 3. The molecular formula is C24H26N3O3P. The topological polar surface area (TPSA) is 101 Å². The van der Waals surface area contributed by atoms with E-state index in [9.17, 15) is 9.79 Å². The number of benzene rings is 2. The minimum Gasteiger partial charge on any atom is -0.497 e. The largest absolute Gasteiger partial charge is 0.497 e. The number of aryl methyl sites for hydroxylation is 4. The van der Waals surface area contributed by atoms with E-state index in [4.69, 9.17) is 10.5 Å². The normalized spacial score (nSPS) is 11.5. The van der Waals surface area contributed by atoms with Crippen molar-refractivity contribution in [3.05, 3.63) is 70.9 Å². The van der Waals surface area contributed by atoms with E-state index in [1.165, 1.54) is 11.1 Å². The van der Waals surface area contributed by atoms with Crippen molar-refractivity contribution in [1.82, 2.24) is 9.97 Å². The molecule has 4 aromatic rings. The van der Waals surface area contributed by atoms with Crippen LogP contribution in [0.2, 0.25) is 0 Å². The summed E-state index contributed by atoms with van der Waals surface area (Å²) < 4.78 is 5.30. The van der Waals surface area contributed by atoms with Crippen molar-refractivity contribution >= 4 is 36.0 Å². The molecule has 0 saturated carbocycles. The van der Waals surface area contributed by atoms with Crippen molar-refractivity contribution in [3.8, 4) is 5.75 Å². The Labute approximate surface area is 182 Å². The molecule has 0 aliphatic carbocycles. The van der Waals surface area contributed by atoms with Gasteiger partial charge in [-0.1, -0.05) is 18.2 Å². The fourth-order valence-electron chi connectivity index (χ4n) is 3.87. The van der Waals surface area contributed by atoms with Crippen molar-refractivity contribution in [3.63, 3.8) is 0 Å². The maximum absolute atomic E-state index is 9.19. The van der Waals surface area contributed by atoms with Gasteiger partial charge in [0.15, 0.2) is 14.2 Å². The zero-order chi connectivity index (χ0) is 22.0. The molecule has 0 atom stereocenters. The summed E-state index contributed by atoms with van der Waals surface area (Å²) in [4.78, 5) is 27.5. The Bertz CT molecular complexity index is 1240. The van der Waals surface area contributed by atoms with Crippen molar-refractivity contribution < 1.29 is 14.5 Å². The van der Waals surface area contributed by atoms with Gasteiger partial charge in [0.1, 0.15) is 11.3 Å². The van der Waals surface area contributed by atoms with E-state index >= 15 is 0 Å². The lowest BCUT2D eigenvalue weighted by atomic mass is 9.99. The Balaban J connectivity index is 1.64. The van der Waals surface area contributed by atoms with Gasteiger partial charge in [-0.3, -0.25) is 4.98 Å². The monoisotopic (exact) mass is 435 g/mol. The lowest BCUT2D eigenvalue weighted by Gasteiger charge is -2.11. The highest BCUT2D eigenvalue weighted by molar-refractivity contribution is 7.45. The van der Waals surface area contributed by atoms with Crippen LogP contribution in [0.5, 0.6) is 5.75 Å². The Morgan fingerprint density at radius 3 is 2.55 bits per heavy atom. The second-order valence-electron chi connectivity index (χ2n) is 7.73. The number of nitrogens with zero attached hydrogens (tertiary/aromatic N) is 2. The van der Waals surface area contributed by atoms with Crippen LogP contribution in [0.25, 0.3) is 21.8 Å². The van der Waals surface area contributed by atoms with Crippen molar-refractivity contribution in [2.24, 2.45) is 0 Å². The van der Waals surface area contributed by atoms with E-state index in [2.05, 4.69) is 35.1 Å². The number of anilines is 1. The highest BCUT2D eigenvalue weighted by Gasteiger charge is 2.11. The number of rotatable bonds is 7. The van der Waals surface area contributed by atoms with Crippen LogP contribution in [0.3, 0.4) is 0 Å². The molecule has 0 aliphatic heterocycles. The zero-order valence-corrected chi connectivity index (χ0v) is 18.6. The first-order valence-electron chi connectivity index (χ1n) is 10.2. The van der Waals surface area contributed by atoms with Gasteiger partial charge in [0.25, 0.3) is 0 Å². The predicted molar refractivity (Wildman–Crippen MR) is 127 cm³/mol. The molecule has 0 radical (unpaired) electrons. The van der Waals surface area contributed by atoms with Crippen molar-refractivity contribution in [2.75, 3.05) is 19.0 Å². The van der Waals surface area contributed by atoms with Gasteiger partial charge in [-0.25, -0.2) is 4.98 Å². The van der Waals surface area contributed by atoms with E-state index in [1.807, 2.05) is 30.5 Å². The molecular weight excluding hydrogens is 409 g/mol. The lowest BCUT2D eigenvalue weighted by molar-refractivity contribution is 0.414. The summed E-state index contributed by atoms with van der Waals surface area (Å²) in [5.41, 5.74) is 12.4. The average molecular weight is 435 g/mol. The third-order valence-electron chi connectivity index (χ3n) is 5.61. The lowest BCUT2D eigenvalue weighted by Crippen LogP contribution is -1.99. The first-order chi connectivity index (χ1) is 14.9. The number of ether oxygens (including phenoxy) is 1. The number of hydrogen-bond acceptors (Lipinski definition) is 6. The summed E-state index contributed by atoms with van der Waals surface area (Å²) in [6.45, 7) is 2.10. The van der Waals surface area contributed by atoms with Gasteiger partial charge in [0.2, 0.25) is 0 Å². The molecule has 0 amide bonds. The van der Waals surface area contributed by atoms with Crippen LogP contribution in [-0.2, 0) is 19.3 Å². The molecule has 2 aromatic carbocycles. The zero-order valence-electron chi connectivity index (χ0n) is 17.7. The fourth-order valence-corrected chi connectivity index (χ4v) is 4.33. The van der Waals surface area contributed by atoms with Gasteiger partial charge in [-0.2, -0.15) is 0 Å². The van der Waals surface area contributed by atoms with E-state index in [-0.39, 0.29) is 0 Å². The smallest absolute Gasteiger partial charge is 0.165 e. The van der Waals surface area contributed by atoms with Gasteiger partial charge >= 0.3 is 0 Å². The minimum atomic E-state index is -1.90. The third kappa shape index (κ3) is 4.77. The van der Waals surface area contributed by atoms with Gasteiger partial charge in [-0.15, -0.1) is 0 Å². The van der Waals surface area contributed by atoms with Crippen LogP contribution in [0.15, 0.2) is 48.7 Å². The molecule has 2 heterocycles. The SMILES string of the molecule is COc1ccc(CCc2cnc3c(N)nc4cc(CCP(O)O)ccc4c3c2)c(C)c1. The summed E-state index contributed by atoms with van der Waals surface area (Å²) in [7, 11) is -0.217. The van der Waals surface area contributed by atoms with Gasteiger partial charge in [-0.05, 0) is 72.7 Å². The van der Waals surface area contributed by atoms with Crippen molar-refractivity contribution in [1.29, 1.82) is 0 Å². The molecule has 0 fully saturated rings. The maximum Gasteiger partial charge on any atom is 0.165 e. The number of pyridine rings is 2. The van der Waals surface area contributed by atoms with Gasteiger partial charge in [0.05, 0.1) is 12.6 Å². The van der Waals surface area contributed by atoms with Crippen LogP contribution in [0, 0.1) is 6.92 Å². The third-order valence-corrected chi connectivity index (χ3v) is 6.24. The van der Waals surface area contributed by atoms with Crippen LogP contribution in [0.4, 0.5) is 5.82 Å². The second kappa shape index (κ2) is 9.15. The fraction of sp³-hybridized carbons (Fsp3) is 0.250. The number of aromatic nitrogens is 2. The summed E-state index contributed by atoms with van der Waals surface area (Å²) in [6.07, 6.45) is 4.60. The molecule has 0 spiro atoms. The van der Waals surface area contributed by atoms with Gasteiger partial charge in [0, 0.05) is 23.1 Å². The molecule has 0 bridgehead atoms. The summed E-state index contributed by atoms with van der Waals surface area (Å²) >= 11 is 0. The molecule has 4 N–H and O–H groups in total. The molecule has 0 aliphatic rings. The molecule has 0 unspecified atom stereocenters. The molecule has 6 nitrogen and oxygen atoms in total. The van der Waals surface area contributed by atoms with E-state index in [0.717, 1.165) is 46.0 Å². The quantitative estimate of drug-likeness (QED) is 0.295. The van der Waals surface area contributed by atoms with Crippen LogP contribution in [-0.4, -0.2) is 33.0 Å². The van der Waals surface area contributed by atoms with E-state index in [0.29, 0.717) is 23.9 Å². The Hall–Kier alpha value is -2.79. The van der Waals surface area contributed by atoms with Crippen molar-refractivity contribution in [2.45, 2.75) is 26.2 Å². The molecule has 2 aromatic heterocycles. The summed E-state index contributed by atoms with van der Waals surface area (Å²) in [5.74, 6) is 1.28. The number of nitrogen functional groups attached to an aromatic ring is 1.